The Morgan fingerprint density at radius 1 is 0.407 bits per heavy atom. The van der Waals surface area contributed by atoms with Gasteiger partial charge in [-0.3, -0.25) is 0 Å². The minimum Gasteiger partial charge on any atom is -0.494 e. The topological polar surface area (TPSA) is 102 Å². The molecule has 59 heavy (non-hydrogen) atoms. The van der Waals surface area contributed by atoms with E-state index < -0.39 is 5.97 Å². The molecule has 0 spiro atoms. The van der Waals surface area contributed by atoms with E-state index in [0.717, 1.165) is 65.6 Å². The predicted molar refractivity (Wildman–Crippen MR) is 239 cm³/mol. The highest BCUT2D eigenvalue weighted by Gasteiger charge is 2.11. The van der Waals surface area contributed by atoms with Gasteiger partial charge in [0.15, 0.2) is 0 Å². The highest BCUT2D eigenvalue weighted by atomic mass is 16.6. The normalized spacial score (nSPS) is 11.2. The van der Waals surface area contributed by atoms with Crippen LogP contribution in [0.1, 0.15) is 129 Å². The van der Waals surface area contributed by atoms with Crippen molar-refractivity contribution in [3.05, 3.63) is 66.7 Å². The summed E-state index contributed by atoms with van der Waals surface area (Å²) in [5.74, 6) is 1.58. The monoisotopic (exact) mass is 821 g/mol. The van der Waals surface area contributed by atoms with E-state index in [1.807, 2.05) is 12.1 Å². The molecule has 0 atom stereocenters. The molecule has 0 saturated carbocycles. The average Bonchev–Trinajstić information content (AvgIpc) is 3.25. The first-order chi connectivity index (χ1) is 29.1. The molecule has 3 aromatic rings. The van der Waals surface area contributed by atoms with Crippen molar-refractivity contribution in [2.45, 2.75) is 129 Å². The van der Waals surface area contributed by atoms with Gasteiger partial charge in [-0.1, -0.05) is 153 Å². The molecule has 0 fully saturated rings. The first-order valence-electron chi connectivity index (χ1n) is 22.9. The summed E-state index contributed by atoms with van der Waals surface area (Å²) in [5.41, 5.74) is 4.23. The van der Waals surface area contributed by atoms with Crippen LogP contribution in [0.15, 0.2) is 66.7 Å². The summed E-state index contributed by atoms with van der Waals surface area (Å²) in [6.45, 7) is 8.73. The van der Waals surface area contributed by atoms with Crippen molar-refractivity contribution in [2.75, 3.05) is 72.7 Å². The largest absolute Gasteiger partial charge is 0.494 e. The van der Waals surface area contributed by atoms with Crippen LogP contribution in [0.5, 0.6) is 17.2 Å². The fourth-order valence-electron chi connectivity index (χ4n) is 6.77. The van der Waals surface area contributed by atoms with Gasteiger partial charge >= 0.3 is 5.97 Å². The maximum absolute atomic E-state index is 10.5. The van der Waals surface area contributed by atoms with Crippen molar-refractivity contribution in [1.29, 1.82) is 0 Å². The van der Waals surface area contributed by atoms with E-state index in [4.69, 9.17) is 38.3 Å². The zero-order chi connectivity index (χ0) is 41.9. The quantitative estimate of drug-likeness (QED) is 0.0564. The van der Waals surface area contributed by atoms with E-state index in [2.05, 4.69) is 68.4 Å². The van der Waals surface area contributed by atoms with Crippen LogP contribution in [0, 0.1) is 0 Å². The molecule has 0 radical (unpaired) electrons. The Morgan fingerprint density at radius 2 is 0.797 bits per heavy atom. The smallest absolute Gasteiger partial charge is 0.329 e. The lowest BCUT2D eigenvalue weighted by molar-refractivity contribution is -0.142. The predicted octanol–water partition coefficient (Wildman–Crippen LogP) is 12.4. The molecule has 1 N–H and O–H groups in total. The van der Waals surface area contributed by atoms with Gasteiger partial charge in [0.1, 0.15) is 30.5 Å². The summed E-state index contributed by atoms with van der Waals surface area (Å²) in [7, 11) is 0. The second-order valence-corrected chi connectivity index (χ2v) is 15.2. The Morgan fingerprint density at radius 3 is 1.27 bits per heavy atom. The Kier molecular flexibility index (Phi) is 28.8. The fraction of sp³-hybridized carbons (Fsp3) is 0.620. The van der Waals surface area contributed by atoms with Crippen molar-refractivity contribution >= 4 is 5.97 Å². The molecule has 0 bridgehead atoms. The molecular formula is C50H76O9. The van der Waals surface area contributed by atoms with Crippen LogP contribution < -0.4 is 14.2 Å². The average molecular weight is 821 g/mol. The zero-order valence-corrected chi connectivity index (χ0v) is 36.6. The molecule has 0 saturated heterocycles. The van der Waals surface area contributed by atoms with Crippen LogP contribution in [-0.2, 0) is 23.7 Å². The minimum absolute atomic E-state index is 0.236. The lowest BCUT2D eigenvalue weighted by Gasteiger charge is -2.15. The van der Waals surface area contributed by atoms with E-state index in [1.54, 1.807) is 0 Å². The fourth-order valence-corrected chi connectivity index (χ4v) is 6.77. The number of ether oxygens (including phenoxy) is 7. The van der Waals surface area contributed by atoms with Crippen LogP contribution in [0.4, 0.5) is 0 Å². The second kappa shape index (κ2) is 34.1. The van der Waals surface area contributed by atoms with E-state index in [1.165, 1.54) is 103 Å². The number of unbranched alkanes of at least 4 members (excludes halogenated alkanes) is 16. The summed E-state index contributed by atoms with van der Waals surface area (Å²) in [6.07, 6.45) is 23.6. The van der Waals surface area contributed by atoms with Crippen molar-refractivity contribution in [1.82, 2.24) is 0 Å². The van der Waals surface area contributed by atoms with Gasteiger partial charge < -0.3 is 38.3 Å². The number of rotatable bonds is 39. The van der Waals surface area contributed by atoms with Crippen molar-refractivity contribution < 1.29 is 43.1 Å². The third-order valence-electron chi connectivity index (χ3n) is 10.2. The van der Waals surface area contributed by atoms with Gasteiger partial charge in [0, 0.05) is 5.56 Å². The molecular weight excluding hydrogens is 745 g/mol. The Balaban J connectivity index is 1.43. The van der Waals surface area contributed by atoms with Crippen LogP contribution in [0.2, 0.25) is 0 Å². The Bertz CT molecular complexity index is 1440. The van der Waals surface area contributed by atoms with Crippen molar-refractivity contribution in [2.24, 2.45) is 0 Å². The molecule has 0 aliphatic carbocycles. The lowest BCUT2D eigenvalue weighted by atomic mass is 9.99. The van der Waals surface area contributed by atoms with E-state index >= 15 is 0 Å². The maximum Gasteiger partial charge on any atom is 0.329 e. The van der Waals surface area contributed by atoms with E-state index in [9.17, 15) is 4.79 Å². The van der Waals surface area contributed by atoms with Gasteiger partial charge in [-0.25, -0.2) is 4.79 Å². The van der Waals surface area contributed by atoms with Crippen LogP contribution in [0.3, 0.4) is 0 Å². The maximum atomic E-state index is 10.5. The SMILES string of the molecule is CCCCCCCCCCCCCCCCOc1ccc(-c2ccc(-c3ccc(OCCCCCC)cc3)cc2OCCOCCOCCOCCOCC(=O)O)cc1. The number of carboxylic acid groups (broad SMARTS) is 1. The van der Waals surface area contributed by atoms with Gasteiger partial charge in [0.05, 0.1) is 59.5 Å². The van der Waals surface area contributed by atoms with E-state index in [-0.39, 0.29) is 13.2 Å². The summed E-state index contributed by atoms with van der Waals surface area (Å²) < 4.78 is 40.1. The lowest BCUT2D eigenvalue weighted by Crippen LogP contribution is -2.15. The summed E-state index contributed by atoms with van der Waals surface area (Å²) >= 11 is 0. The Labute approximate surface area is 356 Å². The molecule has 9 nitrogen and oxygen atoms in total. The molecule has 0 aliphatic rings. The van der Waals surface area contributed by atoms with Gasteiger partial charge in [-0.2, -0.15) is 0 Å². The molecule has 0 aliphatic heterocycles. The highest BCUT2D eigenvalue weighted by Crippen LogP contribution is 2.36. The molecule has 9 heteroatoms. The number of carboxylic acids is 1. The number of aliphatic carboxylic acids is 1. The molecule has 0 aromatic heterocycles. The van der Waals surface area contributed by atoms with Crippen LogP contribution in [0.25, 0.3) is 22.3 Å². The second-order valence-electron chi connectivity index (χ2n) is 15.2. The van der Waals surface area contributed by atoms with E-state index in [0.29, 0.717) is 46.2 Å². The number of hydrogen-bond acceptors (Lipinski definition) is 8. The molecule has 3 aromatic carbocycles. The summed E-state index contributed by atoms with van der Waals surface area (Å²) in [4.78, 5) is 10.5. The first-order valence-corrected chi connectivity index (χ1v) is 22.9. The Hall–Kier alpha value is -3.63. The van der Waals surface area contributed by atoms with Crippen LogP contribution in [-0.4, -0.2) is 83.8 Å². The van der Waals surface area contributed by atoms with Gasteiger partial charge in [0.25, 0.3) is 0 Å². The summed E-state index contributed by atoms with van der Waals surface area (Å²) in [6, 6.07) is 23.0. The first kappa shape index (κ1) is 49.7. The molecule has 0 amide bonds. The standard InChI is InChI=1S/C50H76O9/c1-3-5-7-9-10-11-12-13-14-15-16-17-18-20-32-58-47-28-23-44(24-29-47)48-30-25-45(43-21-26-46(27-22-43)57-31-19-8-6-4-2)41-49(48)59-40-39-55-36-35-53-33-34-54-37-38-56-42-50(51)52/h21-30,41H,3-20,31-40,42H2,1-2H3,(H,51,52). The molecule has 3 rings (SSSR count). The van der Waals surface area contributed by atoms with Gasteiger partial charge in [-0.15, -0.1) is 0 Å². The minimum atomic E-state index is -0.992. The third kappa shape index (κ3) is 24.3. The third-order valence-corrected chi connectivity index (χ3v) is 10.2. The van der Waals surface area contributed by atoms with Crippen LogP contribution >= 0.6 is 0 Å². The molecule has 0 unspecified atom stereocenters. The van der Waals surface area contributed by atoms with Gasteiger partial charge in [-0.05, 0) is 59.9 Å². The number of benzene rings is 3. The van der Waals surface area contributed by atoms with Crippen molar-refractivity contribution in [3.8, 4) is 39.5 Å². The van der Waals surface area contributed by atoms with Crippen molar-refractivity contribution in [3.63, 3.8) is 0 Å². The summed E-state index contributed by atoms with van der Waals surface area (Å²) in [5, 5.41) is 8.58. The molecule has 0 heterocycles. The highest BCUT2D eigenvalue weighted by molar-refractivity contribution is 5.77. The van der Waals surface area contributed by atoms with Gasteiger partial charge in [0.2, 0.25) is 0 Å². The zero-order valence-electron chi connectivity index (χ0n) is 36.6. The number of carbonyl (C=O) groups is 1. The number of hydrogen-bond donors (Lipinski definition) is 1. The molecule has 330 valence electrons.